The highest BCUT2D eigenvalue weighted by atomic mass is 19.4. The lowest BCUT2D eigenvalue weighted by molar-refractivity contribution is -0.138. The molecule has 4 heteroatoms. The van der Waals surface area contributed by atoms with Gasteiger partial charge in [-0.15, -0.1) is 0 Å². The van der Waals surface area contributed by atoms with Gasteiger partial charge < -0.3 is 4.74 Å². The van der Waals surface area contributed by atoms with E-state index in [1.807, 2.05) is 12.1 Å². The smallest absolute Gasteiger partial charge is 0.389 e. The van der Waals surface area contributed by atoms with Gasteiger partial charge >= 0.3 is 6.18 Å². The number of halogens is 3. The molecule has 1 aliphatic rings. The maximum Gasteiger partial charge on any atom is 0.389 e. The second-order valence-electron chi connectivity index (χ2n) is 8.06. The molecule has 1 fully saturated rings. The Balaban J connectivity index is 1.64. The topological polar surface area (TPSA) is 9.23 Å². The summed E-state index contributed by atoms with van der Waals surface area (Å²) in [6.45, 7) is 3.00. The molecule has 0 radical (unpaired) electrons. The van der Waals surface area contributed by atoms with E-state index in [0.717, 1.165) is 44.5 Å². The fraction of sp³-hybridized carbons (Fsp3) is 0.739. The van der Waals surface area contributed by atoms with Crippen LogP contribution in [0.5, 0.6) is 5.75 Å². The minimum atomic E-state index is -4.01. The highest BCUT2D eigenvalue weighted by molar-refractivity contribution is 5.29. The number of benzene rings is 1. The molecule has 0 aromatic heterocycles. The maximum atomic E-state index is 12.4. The molecule has 27 heavy (non-hydrogen) atoms. The fourth-order valence-corrected chi connectivity index (χ4v) is 4.06. The van der Waals surface area contributed by atoms with Crippen molar-refractivity contribution < 1.29 is 17.9 Å². The summed E-state index contributed by atoms with van der Waals surface area (Å²) < 4.78 is 42.9. The number of ether oxygens (including phenoxy) is 1. The van der Waals surface area contributed by atoms with Crippen LogP contribution in [0.3, 0.4) is 0 Å². The Bertz CT molecular complexity index is 501. The van der Waals surface area contributed by atoms with E-state index in [1.165, 1.54) is 37.7 Å². The summed E-state index contributed by atoms with van der Waals surface area (Å²) in [5.41, 5.74) is 1.30. The molecule has 0 heterocycles. The van der Waals surface area contributed by atoms with Crippen molar-refractivity contribution in [1.82, 2.24) is 0 Å². The lowest BCUT2D eigenvalue weighted by atomic mass is 9.77. The number of unbranched alkanes of at least 4 members (excludes halogenated alkanes) is 5. The van der Waals surface area contributed by atoms with Crippen molar-refractivity contribution in [2.24, 2.45) is 5.92 Å². The van der Waals surface area contributed by atoms with Crippen molar-refractivity contribution in [3.8, 4) is 5.75 Å². The molecule has 0 saturated heterocycles. The van der Waals surface area contributed by atoms with Gasteiger partial charge in [0.25, 0.3) is 0 Å². The Morgan fingerprint density at radius 1 is 0.889 bits per heavy atom. The van der Waals surface area contributed by atoms with Gasteiger partial charge in [0.2, 0.25) is 0 Å². The first-order chi connectivity index (χ1) is 13.0. The predicted octanol–water partition coefficient (Wildman–Crippen LogP) is 8.04. The predicted molar refractivity (Wildman–Crippen MR) is 105 cm³/mol. The summed E-state index contributed by atoms with van der Waals surface area (Å²) in [7, 11) is 0. The molecule has 1 aromatic carbocycles. The Kier molecular flexibility index (Phi) is 9.50. The van der Waals surface area contributed by atoms with Crippen LogP contribution in [-0.2, 0) is 0 Å². The first kappa shape index (κ1) is 22.1. The first-order valence-electron chi connectivity index (χ1n) is 10.8. The van der Waals surface area contributed by atoms with Crippen LogP contribution >= 0.6 is 0 Å². The summed E-state index contributed by atoms with van der Waals surface area (Å²) >= 11 is 0. The molecule has 1 aliphatic carbocycles. The quantitative estimate of drug-likeness (QED) is 0.351. The third kappa shape index (κ3) is 9.03. The van der Waals surface area contributed by atoms with Gasteiger partial charge in [-0.25, -0.2) is 0 Å². The minimum Gasteiger partial charge on any atom is -0.494 e. The number of hydrogen-bond donors (Lipinski definition) is 0. The van der Waals surface area contributed by atoms with Gasteiger partial charge in [-0.2, -0.15) is 13.2 Å². The minimum absolute atomic E-state index is 0.239. The van der Waals surface area contributed by atoms with Crippen molar-refractivity contribution in [3.63, 3.8) is 0 Å². The molecule has 1 aromatic rings. The van der Waals surface area contributed by atoms with E-state index in [2.05, 4.69) is 19.1 Å². The van der Waals surface area contributed by atoms with Gasteiger partial charge in [-0.05, 0) is 68.1 Å². The fourth-order valence-electron chi connectivity index (χ4n) is 4.06. The number of hydrogen-bond acceptors (Lipinski definition) is 1. The molecular weight excluding hydrogens is 349 g/mol. The summed E-state index contributed by atoms with van der Waals surface area (Å²) in [6.07, 6.45) is 7.03. The molecule has 2 rings (SSSR count). The van der Waals surface area contributed by atoms with Crippen LogP contribution in [0.1, 0.15) is 95.5 Å². The molecule has 0 bridgehead atoms. The Labute approximate surface area is 162 Å². The number of alkyl halides is 3. The van der Waals surface area contributed by atoms with E-state index >= 15 is 0 Å². The maximum absolute atomic E-state index is 12.4. The van der Waals surface area contributed by atoms with Crippen molar-refractivity contribution >= 4 is 0 Å². The highest BCUT2D eigenvalue weighted by Gasteiger charge is 2.30. The standard InChI is InChI=1S/C23H35F3O/c1-2-3-4-5-6-7-18-27-22-14-12-21(13-15-22)20-10-8-19(9-11-20)16-17-23(24,25)26/h12-15,19-20H,2-11,16-18H2,1H3/t19-,20-. The van der Waals surface area contributed by atoms with Crippen molar-refractivity contribution in [2.75, 3.05) is 6.61 Å². The summed E-state index contributed by atoms with van der Waals surface area (Å²) in [5.74, 6) is 1.65. The zero-order chi connectivity index (χ0) is 19.5. The van der Waals surface area contributed by atoms with E-state index < -0.39 is 12.6 Å². The summed E-state index contributed by atoms with van der Waals surface area (Å²) in [5, 5.41) is 0. The normalized spacial score (nSPS) is 20.6. The monoisotopic (exact) mass is 384 g/mol. The summed E-state index contributed by atoms with van der Waals surface area (Å²) in [6, 6.07) is 8.36. The van der Waals surface area contributed by atoms with Gasteiger partial charge in [0.05, 0.1) is 6.61 Å². The van der Waals surface area contributed by atoms with Crippen LogP contribution in [0.2, 0.25) is 0 Å². The molecule has 1 nitrogen and oxygen atoms in total. The third-order valence-electron chi connectivity index (χ3n) is 5.80. The van der Waals surface area contributed by atoms with E-state index in [4.69, 9.17) is 4.74 Å². The van der Waals surface area contributed by atoms with Gasteiger partial charge in [-0.1, -0.05) is 51.2 Å². The van der Waals surface area contributed by atoms with Crippen LogP contribution < -0.4 is 4.74 Å². The molecule has 0 unspecified atom stereocenters. The molecule has 0 atom stereocenters. The molecular formula is C23H35F3O. The van der Waals surface area contributed by atoms with Crippen LogP contribution in [0.25, 0.3) is 0 Å². The van der Waals surface area contributed by atoms with Crippen LogP contribution in [0.15, 0.2) is 24.3 Å². The molecule has 0 spiro atoms. The van der Waals surface area contributed by atoms with E-state index in [0.29, 0.717) is 12.3 Å². The van der Waals surface area contributed by atoms with Gasteiger partial charge in [0, 0.05) is 6.42 Å². The lowest BCUT2D eigenvalue weighted by Gasteiger charge is -2.29. The SMILES string of the molecule is CCCCCCCCOc1ccc([C@H]2CC[C@H](CCC(F)(F)F)CC2)cc1. The second-order valence-corrected chi connectivity index (χ2v) is 8.06. The molecule has 0 aliphatic heterocycles. The Hall–Kier alpha value is -1.19. The van der Waals surface area contributed by atoms with Crippen LogP contribution in [0.4, 0.5) is 13.2 Å². The average Bonchev–Trinajstić information content (AvgIpc) is 2.66. The van der Waals surface area contributed by atoms with E-state index in [-0.39, 0.29) is 5.92 Å². The van der Waals surface area contributed by atoms with Gasteiger partial charge in [-0.3, -0.25) is 0 Å². The first-order valence-corrected chi connectivity index (χ1v) is 10.8. The van der Waals surface area contributed by atoms with Crippen LogP contribution in [0, 0.1) is 5.92 Å². The molecule has 1 saturated carbocycles. The van der Waals surface area contributed by atoms with Gasteiger partial charge in [0.1, 0.15) is 5.75 Å². The molecule has 0 amide bonds. The zero-order valence-electron chi connectivity index (χ0n) is 16.7. The van der Waals surface area contributed by atoms with Crippen LogP contribution in [-0.4, -0.2) is 12.8 Å². The molecule has 154 valence electrons. The third-order valence-corrected chi connectivity index (χ3v) is 5.80. The Morgan fingerprint density at radius 3 is 2.15 bits per heavy atom. The highest BCUT2D eigenvalue weighted by Crippen LogP contribution is 2.39. The van der Waals surface area contributed by atoms with E-state index in [9.17, 15) is 13.2 Å². The molecule has 0 N–H and O–H groups in total. The number of rotatable bonds is 11. The van der Waals surface area contributed by atoms with Gasteiger partial charge in [0.15, 0.2) is 0 Å². The van der Waals surface area contributed by atoms with Crippen molar-refractivity contribution in [2.45, 2.75) is 96.1 Å². The Morgan fingerprint density at radius 2 is 1.52 bits per heavy atom. The summed E-state index contributed by atoms with van der Waals surface area (Å²) in [4.78, 5) is 0. The van der Waals surface area contributed by atoms with Crippen molar-refractivity contribution in [3.05, 3.63) is 29.8 Å². The van der Waals surface area contributed by atoms with E-state index in [1.54, 1.807) is 0 Å². The van der Waals surface area contributed by atoms with Crippen molar-refractivity contribution in [1.29, 1.82) is 0 Å². The average molecular weight is 385 g/mol. The lowest BCUT2D eigenvalue weighted by Crippen LogP contribution is -2.16. The largest absolute Gasteiger partial charge is 0.494 e. The second kappa shape index (κ2) is 11.6. The zero-order valence-corrected chi connectivity index (χ0v) is 16.7.